The first kappa shape index (κ1) is 26.4. The molecule has 0 fully saturated rings. The van der Waals surface area contributed by atoms with Crippen molar-refractivity contribution in [2.75, 3.05) is 13.7 Å². The fourth-order valence-electron chi connectivity index (χ4n) is 3.39. The molecule has 178 valence electrons. The fourth-order valence-corrected chi connectivity index (χ4v) is 4.70. The topological polar surface area (TPSA) is 58.6 Å². The van der Waals surface area contributed by atoms with Crippen molar-refractivity contribution in [2.45, 2.75) is 19.0 Å². The number of ether oxygens (including phenoxy) is 1. The van der Waals surface area contributed by atoms with Crippen LogP contribution < -0.4 is 10.1 Å². The molecule has 1 atom stereocenters. The molecule has 3 aromatic carbocycles. The van der Waals surface area contributed by atoms with Crippen LogP contribution >= 0.6 is 50.7 Å². The number of carbonyl (C=O) groups is 2. The van der Waals surface area contributed by atoms with E-state index in [-0.39, 0.29) is 19.1 Å². The Morgan fingerprint density at radius 1 is 1.00 bits per heavy atom. The first-order chi connectivity index (χ1) is 16.3. The van der Waals surface area contributed by atoms with Gasteiger partial charge in [-0.2, -0.15) is 0 Å². The Balaban J connectivity index is 1.93. The second kappa shape index (κ2) is 12.5. The maximum Gasteiger partial charge on any atom is 0.261 e. The van der Waals surface area contributed by atoms with Gasteiger partial charge in [0.25, 0.3) is 5.91 Å². The highest BCUT2D eigenvalue weighted by Crippen LogP contribution is 2.29. The van der Waals surface area contributed by atoms with E-state index >= 15 is 0 Å². The minimum absolute atomic E-state index is 0.0351. The summed E-state index contributed by atoms with van der Waals surface area (Å²) >= 11 is 22.2. The molecule has 1 N–H and O–H groups in total. The van der Waals surface area contributed by atoms with Crippen molar-refractivity contribution in [1.29, 1.82) is 0 Å². The van der Waals surface area contributed by atoms with Crippen LogP contribution in [-0.2, 0) is 22.6 Å². The molecule has 0 saturated carbocycles. The van der Waals surface area contributed by atoms with Crippen molar-refractivity contribution in [3.8, 4) is 5.75 Å². The van der Waals surface area contributed by atoms with E-state index < -0.39 is 11.9 Å². The number of likely N-dealkylation sites (N-methyl/N-ethyl adjacent to an activating group) is 1. The predicted octanol–water partition coefficient (Wildman–Crippen LogP) is 6.17. The van der Waals surface area contributed by atoms with E-state index in [1.807, 2.05) is 30.3 Å². The Morgan fingerprint density at radius 2 is 1.68 bits per heavy atom. The molecule has 2 amide bonds. The number of amides is 2. The van der Waals surface area contributed by atoms with E-state index in [0.717, 1.165) is 5.56 Å². The highest BCUT2D eigenvalue weighted by atomic mass is 79.9. The zero-order valence-electron chi connectivity index (χ0n) is 18.2. The van der Waals surface area contributed by atoms with E-state index in [1.54, 1.807) is 36.4 Å². The number of rotatable bonds is 9. The second-order valence-electron chi connectivity index (χ2n) is 7.41. The molecular formula is C25H22BrCl3N2O3. The summed E-state index contributed by atoms with van der Waals surface area (Å²) in [6.45, 7) is -0.266. The van der Waals surface area contributed by atoms with Crippen LogP contribution in [0.25, 0.3) is 0 Å². The molecule has 0 heterocycles. The summed E-state index contributed by atoms with van der Waals surface area (Å²) in [7, 11) is 1.53. The molecule has 0 aliphatic rings. The minimum Gasteiger partial charge on any atom is -0.483 e. The maximum absolute atomic E-state index is 13.5. The zero-order chi connectivity index (χ0) is 24.7. The van der Waals surface area contributed by atoms with E-state index in [2.05, 4.69) is 21.2 Å². The minimum atomic E-state index is -0.815. The normalized spacial score (nSPS) is 11.6. The fraction of sp³-hybridized carbons (Fsp3) is 0.200. The molecule has 3 rings (SSSR count). The first-order valence-electron chi connectivity index (χ1n) is 10.4. The van der Waals surface area contributed by atoms with Gasteiger partial charge in [0, 0.05) is 40.6 Å². The lowest BCUT2D eigenvalue weighted by Gasteiger charge is -2.31. The average Bonchev–Trinajstić information content (AvgIpc) is 2.82. The summed E-state index contributed by atoms with van der Waals surface area (Å²) in [5.74, 6) is -0.261. The molecule has 0 spiro atoms. The monoisotopic (exact) mass is 582 g/mol. The summed E-state index contributed by atoms with van der Waals surface area (Å²) in [6, 6.07) is 18.8. The number of benzene rings is 3. The first-order valence-corrected chi connectivity index (χ1v) is 12.3. The second-order valence-corrected chi connectivity index (χ2v) is 9.51. The maximum atomic E-state index is 13.5. The molecule has 5 nitrogen and oxygen atoms in total. The standard InChI is InChI=1S/C25H22BrCl3N2O3/c1-30-25(33)22(12-16-6-3-2-4-7-16)31(14-18-20(28)8-5-9-21(18)29)24(32)15-34-23-11-10-17(27)13-19(23)26/h2-11,13,22H,12,14-15H2,1H3,(H,30,33). The van der Waals surface area contributed by atoms with Gasteiger partial charge in [0.05, 0.1) is 4.47 Å². The van der Waals surface area contributed by atoms with Gasteiger partial charge in [-0.15, -0.1) is 0 Å². The number of carbonyl (C=O) groups excluding carboxylic acids is 2. The van der Waals surface area contributed by atoms with Gasteiger partial charge < -0.3 is 15.0 Å². The van der Waals surface area contributed by atoms with Gasteiger partial charge in [-0.05, 0) is 51.8 Å². The SMILES string of the molecule is CNC(=O)C(Cc1ccccc1)N(Cc1c(Cl)cccc1Cl)C(=O)COc1ccc(Cl)cc1Br. The number of halogens is 4. The van der Waals surface area contributed by atoms with Gasteiger partial charge in [0.2, 0.25) is 5.91 Å². The Kier molecular flexibility index (Phi) is 9.65. The highest BCUT2D eigenvalue weighted by molar-refractivity contribution is 9.10. The average molecular weight is 585 g/mol. The van der Waals surface area contributed by atoms with Crippen LogP contribution in [0.3, 0.4) is 0 Å². The highest BCUT2D eigenvalue weighted by Gasteiger charge is 2.31. The number of hydrogen-bond acceptors (Lipinski definition) is 3. The van der Waals surface area contributed by atoms with E-state index in [9.17, 15) is 9.59 Å². The molecule has 1 unspecified atom stereocenters. The molecular weight excluding hydrogens is 563 g/mol. The Hall–Kier alpha value is -2.25. The Labute approximate surface area is 222 Å². The van der Waals surface area contributed by atoms with Crippen LogP contribution in [0.2, 0.25) is 15.1 Å². The summed E-state index contributed by atoms with van der Waals surface area (Å²) < 4.78 is 6.36. The molecule has 0 radical (unpaired) electrons. The zero-order valence-corrected chi connectivity index (χ0v) is 22.1. The molecule has 0 aromatic heterocycles. The van der Waals surface area contributed by atoms with Crippen molar-refractivity contribution in [1.82, 2.24) is 10.2 Å². The van der Waals surface area contributed by atoms with Crippen LogP contribution in [0, 0.1) is 0 Å². The quantitative estimate of drug-likeness (QED) is 0.327. The smallest absolute Gasteiger partial charge is 0.261 e. The predicted molar refractivity (Wildman–Crippen MR) is 140 cm³/mol. The van der Waals surface area contributed by atoms with Gasteiger partial charge in [0.1, 0.15) is 11.8 Å². The lowest BCUT2D eigenvalue weighted by molar-refractivity contribution is -0.142. The molecule has 34 heavy (non-hydrogen) atoms. The van der Waals surface area contributed by atoms with E-state index in [1.165, 1.54) is 11.9 Å². The molecule has 0 saturated heterocycles. The largest absolute Gasteiger partial charge is 0.483 e. The number of hydrogen-bond donors (Lipinski definition) is 1. The third-order valence-corrected chi connectivity index (χ3v) is 6.72. The van der Waals surface area contributed by atoms with E-state index in [0.29, 0.717) is 37.3 Å². The van der Waals surface area contributed by atoms with Gasteiger partial charge >= 0.3 is 0 Å². The van der Waals surface area contributed by atoms with Gasteiger partial charge in [-0.25, -0.2) is 0 Å². The summed E-state index contributed by atoms with van der Waals surface area (Å²) in [6.07, 6.45) is 0.305. The van der Waals surface area contributed by atoms with Crippen LogP contribution in [0.5, 0.6) is 5.75 Å². The Morgan fingerprint density at radius 3 is 2.29 bits per heavy atom. The lowest BCUT2D eigenvalue weighted by atomic mass is 10.0. The molecule has 0 aliphatic carbocycles. The van der Waals surface area contributed by atoms with Crippen molar-refractivity contribution in [2.24, 2.45) is 0 Å². The van der Waals surface area contributed by atoms with Crippen LogP contribution in [0.15, 0.2) is 71.2 Å². The van der Waals surface area contributed by atoms with Gasteiger partial charge in [-0.1, -0.05) is 71.2 Å². The third-order valence-electron chi connectivity index (χ3n) is 5.15. The third kappa shape index (κ3) is 6.89. The molecule has 9 heteroatoms. The van der Waals surface area contributed by atoms with E-state index in [4.69, 9.17) is 39.5 Å². The summed E-state index contributed by atoms with van der Waals surface area (Å²) in [5.41, 5.74) is 1.45. The Bertz CT molecular complexity index is 1140. The van der Waals surface area contributed by atoms with Crippen LogP contribution in [0.1, 0.15) is 11.1 Å². The van der Waals surface area contributed by atoms with Crippen molar-refractivity contribution >= 4 is 62.5 Å². The summed E-state index contributed by atoms with van der Waals surface area (Å²) in [4.78, 5) is 27.9. The number of nitrogens with zero attached hydrogens (tertiary/aromatic N) is 1. The van der Waals surface area contributed by atoms with Crippen molar-refractivity contribution in [3.63, 3.8) is 0 Å². The number of nitrogens with one attached hydrogen (secondary N) is 1. The molecule has 0 aliphatic heterocycles. The molecule has 0 bridgehead atoms. The molecule has 3 aromatic rings. The van der Waals surface area contributed by atoms with Gasteiger partial charge in [0.15, 0.2) is 6.61 Å². The summed E-state index contributed by atoms with van der Waals surface area (Å²) in [5, 5.41) is 4.00. The lowest BCUT2D eigenvalue weighted by Crippen LogP contribution is -2.51. The van der Waals surface area contributed by atoms with Crippen LogP contribution in [0.4, 0.5) is 0 Å². The van der Waals surface area contributed by atoms with Crippen molar-refractivity contribution < 1.29 is 14.3 Å². The van der Waals surface area contributed by atoms with Crippen molar-refractivity contribution in [3.05, 3.63) is 97.4 Å². The van der Waals surface area contributed by atoms with Gasteiger partial charge in [-0.3, -0.25) is 9.59 Å². The van der Waals surface area contributed by atoms with Crippen LogP contribution in [-0.4, -0.2) is 36.4 Å².